The molecule has 1 fully saturated rings. The molecule has 0 atom stereocenters. The first kappa shape index (κ1) is 12.3. The molecule has 1 aromatic rings. The van der Waals surface area contributed by atoms with E-state index in [4.69, 9.17) is 5.73 Å². The number of nitrogen functional groups attached to an aromatic ring is 1. The van der Waals surface area contributed by atoms with Crippen molar-refractivity contribution in [2.24, 2.45) is 0 Å². The van der Waals surface area contributed by atoms with Crippen molar-refractivity contribution in [3.63, 3.8) is 0 Å². The van der Waals surface area contributed by atoms with E-state index in [1.54, 1.807) is 0 Å². The van der Waals surface area contributed by atoms with Gasteiger partial charge in [0.2, 0.25) is 0 Å². The van der Waals surface area contributed by atoms with Crippen LogP contribution in [0.1, 0.15) is 57.7 Å². The first-order valence-electron chi connectivity index (χ1n) is 6.70. The van der Waals surface area contributed by atoms with Crippen molar-refractivity contribution < 1.29 is 0 Å². The third kappa shape index (κ3) is 2.56. The molecule has 1 aliphatic rings. The van der Waals surface area contributed by atoms with E-state index < -0.39 is 0 Å². The monoisotopic (exact) mass is 236 g/mol. The Morgan fingerprint density at radius 2 is 1.94 bits per heavy atom. The molecule has 17 heavy (non-hydrogen) atoms. The second-order valence-electron chi connectivity index (χ2n) is 5.37. The molecule has 0 bridgehead atoms. The predicted molar refractivity (Wildman–Crippen MR) is 72.3 cm³/mol. The van der Waals surface area contributed by atoms with Crippen molar-refractivity contribution in [1.29, 1.82) is 0 Å². The van der Waals surface area contributed by atoms with Crippen LogP contribution in [0.5, 0.6) is 0 Å². The van der Waals surface area contributed by atoms with Crippen LogP contribution < -0.4 is 11.1 Å². The zero-order chi connectivity index (χ0) is 12.4. The summed E-state index contributed by atoms with van der Waals surface area (Å²) in [6.45, 7) is 6.25. The summed E-state index contributed by atoms with van der Waals surface area (Å²) in [7, 11) is 0. The summed E-state index contributed by atoms with van der Waals surface area (Å²) in [5.41, 5.74) is 7.85. The van der Waals surface area contributed by atoms with Crippen LogP contribution in [0, 0.1) is 6.92 Å². The second kappa shape index (κ2) is 4.98. The zero-order valence-corrected chi connectivity index (χ0v) is 11.2. The number of hydrogen-bond donors (Lipinski definition) is 2. The van der Waals surface area contributed by atoms with Gasteiger partial charge in [0.1, 0.15) is 5.82 Å². The van der Waals surface area contributed by atoms with Crippen molar-refractivity contribution in [2.45, 2.75) is 65.0 Å². The maximum absolute atomic E-state index is 6.11. The predicted octanol–water partition coefficient (Wildman–Crippen LogP) is 3.10. The molecule has 96 valence electrons. The Bertz CT molecular complexity index is 375. The van der Waals surface area contributed by atoms with E-state index in [0.717, 1.165) is 17.2 Å². The number of rotatable bonds is 3. The normalized spacial score (nSPS) is 17.6. The molecule has 1 aromatic heterocycles. The number of nitrogens with zero attached hydrogens (tertiary/aromatic N) is 2. The van der Waals surface area contributed by atoms with Gasteiger partial charge in [-0.2, -0.15) is 5.10 Å². The van der Waals surface area contributed by atoms with E-state index in [2.05, 4.69) is 24.3 Å². The molecule has 0 saturated heterocycles. The minimum atomic E-state index is 0.345. The molecule has 4 nitrogen and oxygen atoms in total. The highest BCUT2D eigenvalue weighted by atomic mass is 15.4. The topological polar surface area (TPSA) is 55.9 Å². The highest BCUT2D eigenvalue weighted by Crippen LogP contribution is 2.29. The van der Waals surface area contributed by atoms with Crippen molar-refractivity contribution in [2.75, 3.05) is 11.1 Å². The van der Waals surface area contributed by atoms with Crippen LogP contribution in [-0.4, -0.2) is 15.8 Å². The van der Waals surface area contributed by atoms with Gasteiger partial charge >= 0.3 is 0 Å². The molecular formula is C13H24N4. The van der Waals surface area contributed by atoms with Crippen LogP contribution >= 0.6 is 0 Å². The molecule has 3 N–H and O–H groups in total. The van der Waals surface area contributed by atoms with Crippen LogP contribution in [0.4, 0.5) is 11.5 Å². The molecule has 2 rings (SSSR count). The van der Waals surface area contributed by atoms with Gasteiger partial charge in [0.05, 0.1) is 11.4 Å². The first-order valence-corrected chi connectivity index (χ1v) is 6.70. The van der Waals surface area contributed by atoms with E-state index in [0.29, 0.717) is 12.1 Å². The third-order valence-electron chi connectivity index (χ3n) is 3.57. The van der Waals surface area contributed by atoms with Gasteiger partial charge in [-0.1, -0.05) is 19.3 Å². The van der Waals surface area contributed by atoms with E-state index in [-0.39, 0.29) is 0 Å². The molecule has 1 aliphatic carbocycles. The molecule has 1 heterocycles. The Morgan fingerprint density at radius 3 is 2.53 bits per heavy atom. The zero-order valence-electron chi connectivity index (χ0n) is 11.2. The highest BCUT2D eigenvalue weighted by Gasteiger charge is 2.19. The lowest BCUT2D eigenvalue weighted by molar-refractivity contribution is 0.454. The van der Waals surface area contributed by atoms with Crippen LogP contribution in [0.25, 0.3) is 0 Å². The maximum atomic E-state index is 6.11. The van der Waals surface area contributed by atoms with Crippen LogP contribution in [0.2, 0.25) is 0 Å². The number of hydrogen-bond acceptors (Lipinski definition) is 3. The molecule has 0 radical (unpaired) electrons. The van der Waals surface area contributed by atoms with Gasteiger partial charge in [0.25, 0.3) is 0 Å². The minimum absolute atomic E-state index is 0.345. The van der Waals surface area contributed by atoms with Gasteiger partial charge in [-0.25, -0.2) is 4.68 Å². The molecule has 0 unspecified atom stereocenters. The standard InChI is InChI=1S/C13H24N4/c1-9(2)17-13(12(14)10(3)16-17)15-11-7-5-4-6-8-11/h9,11,15H,4-8,14H2,1-3H3. The number of nitrogens with two attached hydrogens (primary N) is 1. The molecule has 0 aliphatic heterocycles. The van der Waals surface area contributed by atoms with Gasteiger partial charge in [0.15, 0.2) is 0 Å². The summed E-state index contributed by atoms with van der Waals surface area (Å²) >= 11 is 0. The third-order valence-corrected chi connectivity index (χ3v) is 3.57. The van der Waals surface area contributed by atoms with Gasteiger partial charge in [0, 0.05) is 12.1 Å². The molecule has 0 aromatic carbocycles. The average molecular weight is 236 g/mol. The smallest absolute Gasteiger partial charge is 0.148 e. The fourth-order valence-electron chi connectivity index (χ4n) is 2.52. The average Bonchev–Trinajstić information content (AvgIpc) is 2.59. The van der Waals surface area contributed by atoms with Gasteiger partial charge < -0.3 is 11.1 Å². The van der Waals surface area contributed by atoms with Crippen molar-refractivity contribution in [1.82, 2.24) is 9.78 Å². The first-order chi connectivity index (χ1) is 8.09. The highest BCUT2D eigenvalue weighted by molar-refractivity contribution is 5.65. The fraction of sp³-hybridized carbons (Fsp3) is 0.769. The largest absolute Gasteiger partial charge is 0.394 e. The Morgan fingerprint density at radius 1 is 1.29 bits per heavy atom. The van der Waals surface area contributed by atoms with Crippen molar-refractivity contribution in [3.8, 4) is 0 Å². The lowest BCUT2D eigenvalue weighted by atomic mass is 9.95. The Kier molecular flexibility index (Phi) is 3.60. The van der Waals surface area contributed by atoms with Gasteiger partial charge in [-0.15, -0.1) is 0 Å². The van der Waals surface area contributed by atoms with Crippen LogP contribution in [0.15, 0.2) is 0 Å². The number of aryl methyl sites for hydroxylation is 1. The molecule has 1 saturated carbocycles. The molecule has 4 heteroatoms. The molecular weight excluding hydrogens is 212 g/mol. The van der Waals surface area contributed by atoms with Gasteiger partial charge in [-0.05, 0) is 33.6 Å². The molecule has 0 spiro atoms. The Balaban J connectivity index is 2.18. The maximum Gasteiger partial charge on any atom is 0.148 e. The van der Waals surface area contributed by atoms with E-state index in [1.807, 2.05) is 11.6 Å². The van der Waals surface area contributed by atoms with Crippen LogP contribution in [-0.2, 0) is 0 Å². The van der Waals surface area contributed by atoms with Crippen LogP contribution in [0.3, 0.4) is 0 Å². The Labute approximate surface area is 104 Å². The number of nitrogens with one attached hydrogen (secondary N) is 1. The second-order valence-corrected chi connectivity index (χ2v) is 5.37. The lowest BCUT2D eigenvalue weighted by Gasteiger charge is -2.25. The summed E-state index contributed by atoms with van der Waals surface area (Å²) in [5, 5.41) is 8.10. The summed E-state index contributed by atoms with van der Waals surface area (Å²) in [6.07, 6.45) is 6.53. The van der Waals surface area contributed by atoms with Gasteiger partial charge in [-0.3, -0.25) is 0 Å². The molecule has 0 amide bonds. The summed E-state index contributed by atoms with van der Waals surface area (Å²) in [4.78, 5) is 0. The van der Waals surface area contributed by atoms with E-state index in [1.165, 1.54) is 32.1 Å². The van der Waals surface area contributed by atoms with Crippen molar-refractivity contribution >= 4 is 11.5 Å². The summed E-state index contributed by atoms with van der Waals surface area (Å²) in [5.74, 6) is 1.02. The minimum Gasteiger partial charge on any atom is -0.394 e. The SMILES string of the molecule is Cc1nn(C(C)C)c(NC2CCCCC2)c1N. The Hall–Kier alpha value is -1.19. The van der Waals surface area contributed by atoms with Crippen molar-refractivity contribution in [3.05, 3.63) is 5.69 Å². The number of anilines is 2. The summed E-state index contributed by atoms with van der Waals surface area (Å²) < 4.78 is 2.01. The van der Waals surface area contributed by atoms with E-state index >= 15 is 0 Å². The lowest BCUT2D eigenvalue weighted by Crippen LogP contribution is -2.25. The summed E-state index contributed by atoms with van der Waals surface area (Å²) in [6, 6.07) is 0.914. The fourth-order valence-corrected chi connectivity index (χ4v) is 2.52. The number of aromatic nitrogens is 2. The van der Waals surface area contributed by atoms with E-state index in [9.17, 15) is 0 Å². The quantitative estimate of drug-likeness (QED) is 0.848.